The zero-order valence-electron chi connectivity index (χ0n) is 19.6. The number of rotatable bonds is 9. The molecule has 5 aromatic rings. The van der Waals surface area contributed by atoms with Gasteiger partial charge in [0, 0.05) is 42.3 Å². The van der Waals surface area contributed by atoms with Crippen LogP contribution < -0.4 is 5.32 Å². The molecule has 5 rings (SSSR count). The van der Waals surface area contributed by atoms with Crippen molar-refractivity contribution in [1.29, 1.82) is 0 Å². The van der Waals surface area contributed by atoms with E-state index >= 15 is 0 Å². The van der Waals surface area contributed by atoms with E-state index in [2.05, 4.69) is 22.4 Å². The number of carbonyl (C=O) groups is 1. The van der Waals surface area contributed by atoms with Crippen LogP contribution >= 0.6 is 11.6 Å². The van der Waals surface area contributed by atoms with Crippen LogP contribution in [0, 0.1) is 0 Å². The predicted octanol–water partition coefficient (Wildman–Crippen LogP) is 6.16. The van der Waals surface area contributed by atoms with Crippen LogP contribution in [0.3, 0.4) is 0 Å². The first-order chi connectivity index (χ1) is 17.7. The molecule has 6 nitrogen and oxygen atoms in total. The first kappa shape index (κ1) is 23.6. The Morgan fingerprint density at radius 1 is 0.944 bits per heavy atom. The molecule has 0 aliphatic heterocycles. The molecule has 180 valence electrons. The third-order valence-corrected chi connectivity index (χ3v) is 6.14. The molecule has 0 bridgehead atoms. The molecule has 3 aromatic carbocycles. The molecule has 2 heterocycles. The SMILES string of the molecule is O=C(CCc1ncc(-c2ccccc2Cl)o1)NCc1cn(Cc2ccccc2)nc1-c1ccccc1. The van der Waals surface area contributed by atoms with Gasteiger partial charge in [-0.25, -0.2) is 4.98 Å². The lowest BCUT2D eigenvalue weighted by Gasteiger charge is -2.05. The number of benzene rings is 3. The topological polar surface area (TPSA) is 73.0 Å². The second-order valence-electron chi connectivity index (χ2n) is 8.43. The molecule has 2 aromatic heterocycles. The second-order valence-corrected chi connectivity index (χ2v) is 8.83. The average molecular weight is 497 g/mol. The van der Waals surface area contributed by atoms with Gasteiger partial charge in [0.25, 0.3) is 0 Å². The molecule has 0 radical (unpaired) electrons. The Hall–Kier alpha value is -4.16. The molecule has 1 N–H and O–H groups in total. The van der Waals surface area contributed by atoms with Crippen molar-refractivity contribution in [3.63, 3.8) is 0 Å². The van der Waals surface area contributed by atoms with Crippen LogP contribution in [-0.2, 0) is 24.3 Å². The van der Waals surface area contributed by atoms with E-state index in [1.54, 1.807) is 12.3 Å². The van der Waals surface area contributed by atoms with E-state index in [9.17, 15) is 4.79 Å². The van der Waals surface area contributed by atoms with Crippen LogP contribution in [0.25, 0.3) is 22.6 Å². The summed E-state index contributed by atoms with van der Waals surface area (Å²) in [6.45, 7) is 1.04. The number of carbonyl (C=O) groups excluding carboxylic acids is 1. The van der Waals surface area contributed by atoms with Crippen molar-refractivity contribution >= 4 is 17.5 Å². The van der Waals surface area contributed by atoms with Crippen molar-refractivity contribution in [2.75, 3.05) is 0 Å². The maximum atomic E-state index is 12.6. The molecule has 0 saturated carbocycles. The normalized spacial score (nSPS) is 10.9. The van der Waals surface area contributed by atoms with E-state index in [4.69, 9.17) is 21.1 Å². The van der Waals surface area contributed by atoms with Gasteiger partial charge in [-0.1, -0.05) is 84.4 Å². The van der Waals surface area contributed by atoms with E-state index in [0.29, 0.717) is 36.2 Å². The van der Waals surface area contributed by atoms with Crippen LogP contribution in [0.1, 0.15) is 23.4 Å². The summed E-state index contributed by atoms with van der Waals surface area (Å²) in [6, 6.07) is 27.6. The Balaban J connectivity index is 1.23. The molecule has 1 amide bonds. The van der Waals surface area contributed by atoms with Crippen molar-refractivity contribution in [1.82, 2.24) is 20.1 Å². The molecule has 0 aliphatic carbocycles. The number of amides is 1. The molecule has 0 saturated heterocycles. The van der Waals surface area contributed by atoms with Gasteiger partial charge in [-0.15, -0.1) is 0 Å². The highest BCUT2D eigenvalue weighted by Crippen LogP contribution is 2.28. The van der Waals surface area contributed by atoms with Gasteiger partial charge >= 0.3 is 0 Å². The minimum Gasteiger partial charge on any atom is -0.441 e. The monoisotopic (exact) mass is 496 g/mol. The van der Waals surface area contributed by atoms with E-state index in [-0.39, 0.29) is 12.3 Å². The third kappa shape index (κ3) is 5.73. The Labute approximate surface area is 214 Å². The highest BCUT2D eigenvalue weighted by molar-refractivity contribution is 6.33. The van der Waals surface area contributed by atoms with Crippen LogP contribution in [-0.4, -0.2) is 20.7 Å². The molecule has 0 unspecified atom stereocenters. The first-order valence-corrected chi connectivity index (χ1v) is 12.2. The number of hydrogen-bond acceptors (Lipinski definition) is 4. The van der Waals surface area contributed by atoms with Gasteiger partial charge in [0.05, 0.1) is 23.5 Å². The largest absolute Gasteiger partial charge is 0.441 e. The van der Waals surface area contributed by atoms with Crippen molar-refractivity contribution in [2.45, 2.75) is 25.9 Å². The fraction of sp³-hybridized carbons (Fsp3) is 0.138. The Morgan fingerprint density at radius 3 is 2.44 bits per heavy atom. The summed E-state index contributed by atoms with van der Waals surface area (Å²) >= 11 is 6.24. The smallest absolute Gasteiger partial charge is 0.220 e. The summed E-state index contributed by atoms with van der Waals surface area (Å²) < 4.78 is 7.73. The fourth-order valence-electron chi connectivity index (χ4n) is 4.00. The van der Waals surface area contributed by atoms with Crippen LogP contribution in [0.2, 0.25) is 5.02 Å². The van der Waals surface area contributed by atoms with E-state index < -0.39 is 0 Å². The lowest BCUT2D eigenvalue weighted by atomic mass is 10.1. The summed E-state index contributed by atoms with van der Waals surface area (Å²) in [4.78, 5) is 16.9. The second kappa shape index (κ2) is 11.1. The number of nitrogens with one attached hydrogen (secondary N) is 1. The Kier molecular flexibility index (Phi) is 7.24. The molecule has 0 fully saturated rings. The Morgan fingerprint density at radius 2 is 1.67 bits per heavy atom. The summed E-state index contributed by atoms with van der Waals surface area (Å²) in [5.41, 5.74) is 4.78. The summed E-state index contributed by atoms with van der Waals surface area (Å²) in [5, 5.41) is 8.43. The summed E-state index contributed by atoms with van der Waals surface area (Å²) in [7, 11) is 0. The van der Waals surface area contributed by atoms with Crippen LogP contribution in [0.5, 0.6) is 0 Å². The lowest BCUT2D eigenvalue weighted by molar-refractivity contribution is -0.121. The van der Waals surface area contributed by atoms with Gasteiger partial charge in [0.15, 0.2) is 11.7 Å². The molecule has 0 spiro atoms. The number of aromatic nitrogens is 3. The highest BCUT2D eigenvalue weighted by Gasteiger charge is 2.14. The van der Waals surface area contributed by atoms with Gasteiger partial charge in [-0.3, -0.25) is 9.48 Å². The number of nitrogens with zero attached hydrogens (tertiary/aromatic N) is 3. The molecular weight excluding hydrogens is 472 g/mol. The van der Waals surface area contributed by atoms with Gasteiger partial charge < -0.3 is 9.73 Å². The fourth-order valence-corrected chi connectivity index (χ4v) is 4.23. The van der Waals surface area contributed by atoms with Gasteiger partial charge in [-0.2, -0.15) is 5.10 Å². The summed E-state index contributed by atoms with van der Waals surface area (Å²) in [5.74, 6) is 1.01. The number of aryl methyl sites for hydroxylation is 1. The average Bonchev–Trinajstić information content (AvgIpc) is 3.55. The van der Waals surface area contributed by atoms with Crippen molar-refractivity contribution in [3.8, 4) is 22.6 Å². The van der Waals surface area contributed by atoms with Gasteiger partial charge in [0.2, 0.25) is 5.91 Å². The molecule has 7 heteroatoms. The van der Waals surface area contributed by atoms with Crippen molar-refractivity contribution < 1.29 is 9.21 Å². The van der Waals surface area contributed by atoms with Crippen LogP contribution in [0.4, 0.5) is 0 Å². The van der Waals surface area contributed by atoms with E-state index in [0.717, 1.165) is 27.9 Å². The number of oxazole rings is 1. The minimum absolute atomic E-state index is 0.0812. The quantitative estimate of drug-likeness (QED) is 0.265. The maximum Gasteiger partial charge on any atom is 0.220 e. The molecular formula is C29H25ClN4O2. The first-order valence-electron chi connectivity index (χ1n) is 11.8. The van der Waals surface area contributed by atoms with Crippen molar-refractivity contribution in [2.24, 2.45) is 0 Å². The highest BCUT2D eigenvalue weighted by atomic mass is 35.5. The van der Waals surface area contributed by atoms with E-state index in [1.807, 2.05) is 77.6 Å². The van der Waals surface area contributed by atoms with E-state index in [1.165, 1.54) is 0 Å². The zero-order chi connectivity index (χ0) is 24.7. The minimum atomic E-state index is -0.0812. The number of halogens is 1. The number of hydrogen-bond donors (Lipinski definition) is 1. The zero-order valence-corrected chi connectivity index (χ0v) is 20.4. The molecule has 0 atom stereocenters. The standard InChI is InChI=1S/C29H25ClN4O2/c30-25-14-8-7-13-24(25)26-18-32-28(36-26)16-15-27(35)31-17-23-20-34(19-21-9-3-1-4-10-21)33-29(23)22-11-5-2-6-12-22/h1-14,18,20H,15-17,19H2,(H,31,35). The molecule has 36 heavy (non-hydrogen) atoms. The maximum absolute atomic E-state index is 12.6. The summed E-state index contributed by atoms with van der Waals surface area (Å²) in [6.07, 6.45) is 4.30. The van der Waals surface area contributed by atoms with Crippen LogP contribution in [0.15, 0.2) is 102 Å². The predicted molar refractivity (Wildman–Crippen MR) is 140 cm³/mol. The van der Waals surface area contributed by atoms with Gasteiger partial charge in [0.1, 0.15) is 0 Å². The molecule has 0 aliphatic rings. The Bertz CT molecular complexity index is 1440. The van der Waals surface area contributed by atoms with Crippen molar-refractivity contribution in [3.05, 3.63) is 119 Å². The third-order valence-electron chi connectivity index (χ3n) is 5.81. The lowest BCUT2D eigenvalue weighted by Crippen LogP contribution is -2.23. The van der Waals surface area contributed by atoms with Gasteiger partial charge in [-0.05, 0) is 17.7 Å².